The molecule has 0 unspecified atom stereocenters. The van der Waals surface area contributed by atoms with Crippen molar-refractivity contribution in [1.29, 1.82) is 0 Å². The van der Waals surface area contributed by atoms with E-state index in [2.05, 4.69) is 0 Å². The molecule has 3 nitrogen and oxygen atoms in total. The number of carbonyl (C=O) groups is 1. The van der Waals surface area contributed by atoms with E-state index in [0.717, 1.165) is 0 Å². The molecular weight excluding hydrogens is 211 g/mol. The third-order valence-corrected chi connectivity index (χ3v) is 3.08. The quantitative estimate of drug-likeness (QED) is 0.783. The Morgan fingerprint density at radius 2 is 2.19 bits per heavy atom. The molecule has 1 saturated heterocycles. The van der Waals surface area contributed by atoms with Gasteiger partial charge in [-0.2, -0.15) is 0 Å². The van der Waals surface area contributed by atoms with Crippen LogP contribution in [-0.4, -0.2) is 26.1 Å². The number of carbonyl (C=O) groups excluding carboxylic acids is 1. The molecular formula is C12H13FO3. The van der Waals surface area contributed by atoms with Crippen molar-refractivity contribution < 1.29 is 18.7 Å². The van der Waals surface area contributed by atoms with Gasteiger partial charge in [0.15, 0.2) is 11.6 Å². The second-order valence-corrected chi connectivity index (χ2v) is 3.98. The van der Waals surface area contributed by atoms with Crippen LogP contribution < -0.4 is 4.74 Å². The molecule has 0 radical (unpaired) electrons. The minimum atomic E-state index is -0.660. The average molecular weight is 224 g/mol. The zero-order valence-corrected chi connectivity index (χ0v) is 9.25. The van der Waals surface area contributed by atoms with Gasteiger partial charge in [-0.3, -0.25) is 4.79 Å². The number of ether oxygens (including phenoxy) is 2. The van der Waals surface area contributed by atoms with Gasteiger partial charge in [0, 0.05) is 0 Å². The topological polar surface area (TPSA) is 35.5 Å². The van der Waals surface area contributed by atoms with Gasteiger partial charge in [-0.15, -0.1) is 0 Å². The number of methoxy groups -OCH3 is 1. The highest BCUT2D eigenvalue weighted by Gasteiger charge is 2.45. The van der Waals surface area contributed by atoms with Crippen LogP contribution in [0, 0.1) is 5.82 Å². The lowest BCUT2D eigenvalue weighted by Gasteiger charge is -2.39. The molecule has 1 fully saturated rings. The Morgan fingerprint density at radius 3 is 2.56 bits per heavy atom. The van der Waals surface area contributed by atoms with Crippen LogP contribution in [0.25, 0.3) is 0 Å². The molecule has 86 valence electrons. The van der Waals surface area contributed by atoms with Gasteiger partial charge in [-0.05, 0) is 24.6 Å². The van der Waals surface area contributed by atoms with Crippen molar-refractivity contribution in [3.63, 3.8) is 0 Å². The van der Waals surface area contributed by atoms with Crippen molar-refractivity contribution in [1.82, 2.24) is 0 Å². The van der Waals surface area contributed by atoms with Crippen molar-refractivity contribution in [2.75, 3.05) is 20.3 Å². The highest BCUT2D eigenvalue weighted by Crippen LogP contribution is 2.35. The lowest BCUT2D eigenvalue weighted by atomic mass is 9.75. The number of Topliss-reactive ketones (excluding diaryl/α,β-unsaturated/α-hetero) is 1. The van der Waals surface area contributed by atoms with Crippen molar-refractivity contribution in [3.05, 3.63) is 29.6 Å². The molecule has 0 saturated carbocycles. The minimum absolute atomic E-state index is 0.00307. The second-order valence-electron chi connectivity index (χ2n) is 3.98. The van der Waals surface area contributed by atoms with E-state index in [-0.39, 0.29) is 11.5 Å². The fourth-order valence-electron chi connectivity index (χ4n) is 1.84. The van der Waals surface area contributed by atoms with Gasteiger partial charge >= 0.3 is 0 Å². The van der Waals surface area contributed by atoms with E-state index in [4.69, 9.17) is 9.47 Å². The van der Waals surface area contributed by atoms with Gasteiger partial charge in [-0.25, -0.2) is 4.39 Å². The second kappa shape index (κ2) is 3.87. The summed E-state index contributed by atoms with van der Waals surface area (Å²) in [6.45, 7) is 2.16. The van der Waals surface area contributed by atoms with Gasteiger partial charge in [0.1, 0.15) is 11.2 Å². The van der Waals surface area contributed by atoms with Crippen LogP contribution in [0.1, 0.15) is 12.5 Å². The lowest BCUT2D eigenvalue weighted by Crippen LogP contribution is -2.52. The van der Waals surface area contributed by atoms with Crippen LogP contribution in [0.5, 0.6) is 5.75 Å². The molecule has 0 N–H and O–H groups in total. The monoisotopic (exact) mass is 224 g/mol. The zero-order chi connectivity index (χ0) is 11.8. The van der Waals surface area contributed by atoms with Crippen LogP contribution in [0.2, 0.25) is 0 Å². The number of rotatable bonds is 3. The number of hydrogen-bond donors (Lipinski definition) is 0. The molecule has 16 heavy (non-hydrogen) atoms. The highest BCUT2D eigenvalue weighted by atomic mass is 19.1. The van der Waals surface area contributed by atoms with Crippen LogP contribution in [0.3, 0.4) is 0 Å². The van der Waals surface area contributed by atoms with Gasteiger partial charge in [0.25, 0.3) is 0 Å². The molecule has 1 aliphatic rings. The first-order valence-electron chi connectivity index (χ1n) is 5.03. The summed E-state index contributed by atoms with van der Waals surface area (Å²) in [5, 5.41) is 0. The summed E-state index contributed by atoms with van der Waals surface area (Å²) in [4.78, 5) is 11.6. The van der Waals surface area contributed by atoms with Crippen molar-refractivity contribution in [3.8, 4) is 5.75 Å². The maximum absolute atomic E-state index is 13.5. The molecule has 0 spiro atoms. The molecule has 1 aliphatic heterocycles. The first-order chi connectivity index (χ1) is 7.60. The van der Waals surface area contributed by atoms with Gasteiger partial charge in [0.05, 0.1) is 20.3 Å². The van der Waals surface area contributed by atoms with Crippen LogP contribution in [0.15, 0.2) is 18.2 Å². The highest BCUT2D eigenvalue weighted by molar-refractivity contribution is 5.89. The largest absolute Gasteiger partial charge is 0.494 e. The third-order valence-electron chi connectivity index (χ3n) is 3.08. The fourth-order valence-corrected chi connectivity index (χ4v) is 1.84. The first-order valence-corrected chi connectivity index (χ1v) is 5.03. The van der Waals surface area contributed by atoms with Gasteiger partial charge in [0.2, 0.25) is 0 Å². The van der Waals surface area contributed by atoms with Crippen LogP contribution >= 0.6 is 0 Å². The van der Waals surface area contributed by atoms with E-state index < -0.39 is 11.2 Å². The normalized spacial score (nSPS) is 17.7. The molecule has 1 aromatic carbocycles. The number of hydrogen-bond acceptors (Lipinski definition) is 3. The zero-order valence-electron chi connectivity index (χ0n) is 9.25. The fraction of sp³-hybridized carbons (Fsp3) is 0.417. The maximum atomic E-state index is 13.5. The molecule has 1 aromatic rings. The molecule has 1 heterocycles. The molecule has 4 heteroatoms. The van der Waals surface area contributed by atoms with Crippen LogP contribution in [-0.2, 0) is 14.9 Å². The van der Waals surface area contributed by atoms with E-state index in [1.807, 2.05) is 0 Å². The molecule has 0 amide bonds. The Morgan fingerprint density at radius 1 is 1.50 bits per heavy atom. The summed E-state index contributed by atoms with van der Waals surface area (Å²) in [7, 11) is 1.41. The third kappa shape index (κ3) is 1.50. The summed E-state index contributed by atoms with van der Waals surface area (Å²) in [5.41, 5.74) is -0.00262. The molecule has 0 atom stereocenters. The van der Waals surface area contributed by atoms with E-state index in [0.29, 0.717) is 18.8 Å². The Labute approximate surface area is 93.2 Å². The molecule has 2 rings (SSSR count). The minimum Gasteiger partial charge on any atom is -0.494 e. The number of benzene rings is 1. The lowest BCUT2D eigenvalue weighted by molar-refractivity contribution is -0.140. The maximum Gasteiger partial charge on any atom is 0.165 e. The van der Waals surface area contributed by atoms with Crippen molar-refractivity contribution in [2.45, 2.75) is 12.3 Å². The predicted molar refractivity (Wildman–Crippen MR) is 56.1 cm³/mol. The smallest absolute Gasteiger partial charge is 0.165 e. The Balaban J connectivity index is 2.40. The van der Waals surface area contributed by atoms with E-state index >= 15 is 0 Å². The van der Waals surface area contributed by atoms with Gasteiger partial charge < -0.3 is 9.47 Å². The molecule has 0 aromatic heterocycles. The average Bonchev–Trinajstić information content (AvgIpc) is 2.15. The van der Waals surface area contributed by atoms with E-state index in [1.165, 1.54) is 26.2 Å². The van der Waals surface area contributed by atoms with Crippen molar-refractivity contribution >= 4 is 5.78 Å². The SMILES string of the molecule is COc1ccc(C2(C(C)=O)COC2)cc1F. The number of halogens is 1. The molecule has 0 aliphatic carbocycles. The molecule has 0 bridgehead atoms. The Hall–Kier alpha value is -1.42. The first kappa shape index (κ1) is 11.1. The Kier molecular flexibility index (Phi) is 2.68. The van der Waals surface area contributed by atoms with E-state index in [1.54, 1.807) is 6.07 Å². The summed E-state index contributed by atoms with van der Waals surface area (Å²) in [5.74, 6) is -0.265. The summed E-state index contributed by atoms with van der Waals surface area (Å²) >= 11 is 0. The standard InChI is InChI=1S/C12H13FO3/c1-8(14)12(6-16-7-12)9-3-4-11(15-2)10(13)5-9/h3-5H,6-7H2,1-2H3. The summed E-state index contributed by atoms with van der Waals surface area (Å²) < 4.78 is 23.4. The summed E-state index contributed by atoms with van der Waals surface area (Å²) in [6.07, 6.45) is 0. The van der Waals surface area contributed by atoms with Gasteiger partial charge in [-0.1, -0.05) is 6.07 Å². The van der Waals surface area contributed by atoms with Crippen LogP contribution in [0.4, 0.5) is 4.39 Å². The summed E-state index contributed by atoms with van der Waals surface area (Å²) in [6, 6.07) is 4.60. The number of ketones is 1. The van der Waals surface area contributed by atoms with Crippen molar-refractivity contribution in [2.24, 2.45) is 0 Å². The van der Waals surface area contributed by atoms with E-state index in [9.17, 15) is 9.18 Å². The Bertz CT molecular complexity index is 424. The predicted octanol–water partition coefficient (Wildman–Crippen LogP) is 1.69.